The lowest BCUT2D eigenvalue weighted by molar-refractivity contribution is 0.0544. The summed E-state index contributed by atoms with van der Waals surface area (Å²) in [6, 6.07) is 9.61. The molecule has 0 aliphatic carbocycles. The second-order valence-electron chi connectivity index (χ2n) is 13.6. The number of aliphatic hydroxyl groups is 1. The monoisotopic (exact) mass is 620 g/mol. The van der Waals surface area contributed by atoms with Crippen LogP contribution in [0.25, 0.3) is 16.8 Å². The molecule has 3 aromatic rings. The summed E-state index contributed by atoms with van der Waals surface area (Å²) in [6.45, 7) is 21.7. The van der Waals surface area contributed by atoms with E-state index < -0.39 is 5.82 Å². The first-order valence-corrected chi connectivity index (χ1v) is 17.0. The largest absolute Gasteiger partial charge is 0.395 e. The number of amides is 1. The van der Waals surface area contributed by atoms with Gasteiger partial charge < -0.3 is 14.9 Å². The lowest BCUT2D eigenvalue weighted by atomic mass is 9.85. The molecule has 0 spiro atoms. The predicted molar refractivity (Wildman–Crippen MR) is 179 cm³/mol. The van der Waals surface area contributed by atoms with Gasteiger partial charge in [-0.2, -0.15) is 0 Å². The van der Waals surface area contributed by atoms with Crippen LogP contribution in [0.5, 0.6) is 0 Å². The molecule has 2 fully saturated rings. The van der Waals surface area contributed by atoms with Crippen LogP contribution in [-0.4, -0.2) is 118 Å². The number of imidazole rings is 1. The summed E-state index contributed by atoms with van der Waals surface area (Å²) in [7, 11) is 0. The number of carbonyl (C=O) groups excluding carboxylic acids is 1. The van der Waals surface area contributed by atoms with E-state index in [0.29, 0.717) is 30.0 Å². The van der Waals surface area contributed by atoms with Crippen LogP contribution in [-0.2, 0) is 0 Å². The van der Waals surface area contributed by atoms with Crippen molar-refractivity contribution in [3.8, 4) is 11.3 Å². The van der Waals surface area contributed by atoms with Gasteiger partial charge in [0.05, 0.1) is 35.4 Å². The minimum atomic E-state index is -0.408. The van der Waals surface area contributed by atoms with E-state index in [0.717, 1.165) is 74.8 Å². The Hall–Kier alpha value is -2.85. The zero-order valence-electron chi connectivity index (χ0n) is 28.2. The van der Waals surface area contributed by atoms with E-state index in [1.54, 1.807) is 11.0 Å². The highest BCUT2D eigenvalue weighted by molar-refractivity contribution is 6.01. The highest BCUT2D eigenvalue weighted by Gasteiger charge is 2.35. The van der Waals surface area contributed by atoms with Crippen LogP contribution < -0.4 is 0 Å². The van der Waals surface area contributed by atoms with Crippen LogP contribution in [0.3, 0.4) is 0 Å². The van der Waals surface area contributed by atoms with E-state index in [1.807, 2.05) is 38.4 Å². The molecule has 2 aromatic heterocycles. The highest BCUT2D eigenvalue weighted by Crippen LogP contribution is 2.36. The number of piperazine rings is 1. The van der Waals surface area contributed by atoms with Crippen molar-refractivity contribution in [1.29, 1.82) is 0 Å². The third kappa shape index (κ3) is 7.43. The fraction of sp³-hybridized carbons (Fsp3) is 0.611. The second kappa shape index (κ2) is 14.7. The average Bonchev–Trinajstić information content (AvgIpc) is 3.36. The number of β-amino-alcohol motifs (C(OH)–C–C–N with tert-alkyl or cyclic N) is 1. The van der Waals surface area contributed by atoms with Crippen molar-refractivity contribution in [3.63, 3.8) is 0 Å². The van der Waals surface area contributed by atoms with Crippen LogP contribution in [0.4, 0.5) is 4.39 Å². The van der Waals surface area contributed by atoms with Crippen molar-refractivity contribution in [3.05, 3.63) is 59.3 Å². The summed E-state index contributed by atoms with van der Waals surface area (Å²) in [5.74, 6) is 0.414. The predicted octanol–water partition coefficient (Wildman–Crippen LogP) is 5.13. The number of likely N-dealkylation sites (tertiary alicyclic amines) is 1. The fourth-order valence-electron chi connectivity index (χ4n) is 7.33. The van der Waals surface area contributed by atoms with Crippen molar-refractivity contribution >= 4 is 11.4 Å². The van der Waals surface area contributed by atoms with Crippen LogP contribution in [0, 0.1) is 18.7 Å². The summed E-state index contributed by atoms with van der Waals surface area (Å²) < 4.78 is 16.6. The minimum absolute atomic E-state index is 0.0115. The molecule has 1 N–H and O–H groups in total. The summed E-state index contributed by atoms with van der Waals surface area (Å²) in [5, 5.41) is 9.22. The molecule has 5 rings (SSSR count). The maximum absolute atomic E-state index is 14.6. The number of hydrogen-bond donors (Lipinski definition) is 1. The molecule has 4 heterocycles. The van der Waals surface area contributed by atoms with Crippen molar-refractivity contribution in [2.45, 2.75) is 72.4 Å². The van der Waals surface area contributed by atoms with Crippen LogP contribution in [0.2, 0.25) is 0 Å². The molecule has 1 aromatic carbocycles. The molecule has 9 heteroatoms. The number of benzene rings is 1. The molecule has 246 valence electrons. The molecule has 1 unspecified atom stereocenters. The Morgan fingerprint density at radius 3 is 2.36 bits per heavy atom. The lowest BCUT2D eigenvalue weighted by Crippen LogP contribution is -2.53. The third-order valence-electron chi connectivity index (χ3n) is 10.1. The molecule has 1 atom stereocenters. The maximum Gasteiger partial charge on any atom is 0.254 e. The zero-order chi connectivity index (χ0) is 32.2. The van der Waals surface area contributed by atoms with Gasteiger partial charge in [0.15, 0.2) is 0 Å². The summed E-state index contributed by atoms with van der Waals surface area (Å²) in [6.07, 6.45) is 4.20. The molecule has 2 aliphatic heterocycles. The molecule has 0 radical (unpaired) electrons. The number of aryl methyl sites for hydroxylation is 1. The van der Waals surface area contributed by atoms with Gasteiger partial charge in [-0.25, -0.2) is 9.37 Å². The number of rotatable bonds is 13. The van der Waals surface area contributed by atoms with Gasteiger partial charge in [0, 0.05) is 75.9 Å². The van der Waals surface area contributed by atoms with E-state index in [-0.39, 0.29) is 18.6 Å². The molecule has 2 saturated heterocycles. The average molecular weight is 621 g/mol. The Labute approximate surface area is 268 Å². The SMILES string of the molecule is CCN(C(=O)c1cc(F)ccc1-c1cc(C2CN(C(CCCN3CCN(CCO)CC3)C(C)C)C2)cc2c(C)ncn12)C(C)C. The second-order valence-corrected chi connectivity index (χ2v) is 13.6. The standard InChI is InChI=1S/C36H53FN6O2/c1-7-42(26(4)5)36(45)32-21-30(37)10-11-31(32)35-20-28(19-34-27(6)38-24-43(34)35)29-22-41(23-29)33(25(2)3)9-8-12-39-13-15-40(16-14-39)17-18-44/h10-11,19-21,24-26,29,33,44H,7-9,12-18,22-23H2,1-6H3. The lowest BCUT2D eigenvalue weighted by Gasteiger charge is -2.46. The van der Waals surface area contributed by atoms with Gasteiger partial charge in [-0.05, 0) is 88.9 Å². The van der Waals surface area contributed by atoms with Crippen molar-refractivity contribution in [2.24, 2.45) is 5.92 Å². The van der Waals surface area contributed by atoms with Gasteiger partial charge in [0.25, 0.3) is 5.91 Å². The zero-order valence-corrected chi connectivity index (χ0v) is 28.2. The van der Waals surface area contributed by atoms with E-state index in [1.165, 1.54) is 30.5 Å². The van der Waals surface area contributed by atoms with Crippen LogP contribution >= 0.6 is 0 Å². The Bertz CT molecular complexity index is 1440. The number of nitrogens with zero attached hydrogens (tertiary/aromatic N) is 6. The molecule has 0 saturated carbocycles. The molecule has 45 heavy (non-hydrogen) atoms. The Kier molecular flexibility index (Phi) is 11.0. The molecule has 2 aliphatic rings. The van der Waals surface area contributed by atoms with Gasteiger partial charge in [-0.3, -0.25) is 19.0 Å². The third-order valence-corrected chi connectivity index (χ3v) is 10.1. The Morgan fingerprint density at radius 2 is 1.73 bits per heavy atom. The molecule has 1 amide bonds. The summed E-state index contributed by atoms with van der Waals surface area (Å²) in [5.41, 5.74) is 5.22. The minimum Gasteiger partial charge on any atom is -0.395 e. The van der Waals surface area contributed by atoms with Gasteiger partial charge >= 0.3 is 0 Å². The number of pyridine rings is 1. The number of carbonyl (C=O) groups is 1. The van der Waals surface area contributed by atoms with Crippen molar-refractivity contribution in [1.82, 2.24) is 29.0 Å². The number of halogens is 1. The Morgan fingerprint density at radius 1 is 1.04 bits per heavy atom. The van der Waals surface area contributed by atoms with Crippen molar-refractivity contribution in [2.75, 3.05) is 65.5 Å². The van der Waals surface area contributed by atoms with Gasteiger partial charge in [-0.15, -0.1) is 0 Å². The van der Waals surface area contributed by atoms with E-state index in [9.17, 15) is 14.3 Å². The summed E-state index contributed by atoms with van der Waals surface area (Å²) >= 11 is 0. The van der Waals surface area contributed by atoms with Crippen molar-refractivity contribution < 1.29 is 14.3 Å². The summed E-state index contributed by atoms with van der Waals surface area (Å²) in [4.78, 5) is 27.7. The topological polar surface area (TPSA) is 67.6 Å². The van der Waals surface area contributed by atoms with E-state index in [4.69, 9.17) is 0 Å². The molecular weight excluding hydrogens is 567 g/mol. The molecular formula is C36H53FN6O2. The fourth-order valence-corrected chi connectivity index (χ4v) is 7.33. The molecule has 0 bridgehead atoms. The first-order chi connectivity index (χ1) is 21.6. The quantitative estimate of drug-likeness (QED) is 0.286. The number of hydrogen-bond acceptors (Lipinski definition) is 6. The number of aromatic nitrogens is 2. The highest BCUT2D eigenvalue weighted by atomic mass is 19.1. The number of aliphatic hydroxyl groups excluding tert-OH is 1. The smallest absolute Gasteiger partial charge is 0.254 e. The normalized spacial score (nSPS) is 17.8. The Balaban J connectivity index is 1.32. The first-order valence-electron chi connectivity index (χ1n) is 17.0. The number of fused-ring (bicyclic) bond motifs is 1. The van der Waals surface area contributed by atoms with Gasteiger partial charge in [-0.1, -0.05) is 13.8 Å². The van der Waals surface area contributed by atoms with Crippen LogP contribution in [0.15, 0.2) is 36.7 Å². The maximum atomic E-state index is 14.6. The van der Waals surface area contributed by atoms with E-state index >= 15 is 0 Å². The first kappa shape index (κ1) is 33.5. The van der Waals surface area contributed by atoms with Gasteiger partial charge in [0.1, 0.15) is 5.82 Å². The van der Waals surface area contributed by atoms with E-state index in [2.05, 4.69) is 45.7 Å². The van der Waals surface area contributed by atoms with Gasteiger partial charge in [0.2, 0.25) is 0 Å². The van der Waals surface area contributed by atoms with Crippen LogP contribution in [0.1, 0.15) is 75.0 Å². The molecule has 8 nitrogen and oxygen atoms in total.